The van der Waals surface area contributed by atoms with Crippen molar-refractivity contribution in [2.75, 3.05) is 0 Å². The molecule has 5 aliphatic rings. The number of hydrogen-bond donors (Lipinski definition) is 0. The molecule has 2 heterocycles. The summed E-state index contributed by atoms with van der Waals surface area (Å²) in [6.45, 7) is 0. The third kappa shape index (κ3) is 3.77. The normalized spacial score (nSPS) is 46.8. The van der Waals surface area contributed by atoms with E-state index in [0.29, 0.717) is 47.8 Å². The fourth-order valence-corrected chi connectivity index (χ4v) is 5.94. The van der Waals surface area contributed by atoms with E-state index in [9.17, 15) is 9.59 Å². The van der Waals surface area contributed by atoms with Gasteiger partial charge in [0.15, 0.2) is 0 Å². The number of rotatable bonds is 6. The van der Waals surface area contributed by atoms with E-state index in [1.807, 2.05) is 0 Å². The van der Waals surface area contributed by atoms with E-state index in [1.165, 1.54) is 0 Å². The van der Waals surface area contributed by atoms with Crippen molar-refractivity contribution < 1.29 is 19.1 Å². The number of ether oxygens (including phenoxy) is 2. The zero-order valence-electron chi connectivity index (χ0n) is 15.7. The Kier molecular flexibility index (Phi) is 4.68. The predicted molar refractivity (Wildman–Crippen MR) is 96.7 cm³/mol. The molecule has 3 saturated carbocycles. The van der Waals surface area contributed by atoms with Crippen LogP contribution in [-0.2, 0) is 19.1 Å². The van der Waals surface area contributed by atoms with Crippen LogP contribution in [0.5, 0.6) is 0 Å². The van der Waals surface area contributed by atoms with Crippen molar-refractivity contribution in [1.82, 2.24) is 0 Å². The Bertz CT molecular complexity index is 514. The molecule has 0 radical (unpaired) electrons. The highest BCUT2D eigenvalue weighted by Crippen LogP contribution is 2.43. The second-order valence-electron chi connectivity index (χ2n) is 9.67. The molecule has 0 bridgehead atoms. The summed E-state index contributed by atoms with van der Waals surface area (Å²) in [5, 5.41) is 0. The molecule has 3 aliphatic carbocycles. The van der Waals surface area contributed by atoms with Gasteiger partial charge >= 0.3 is 0 Å². The van der Waals surface area contributed by atoms with E-state index in [1.54, 1.807) is 0 Å². The molecule has 0 aromatic heterocycles. The van der Waals surface area contributed by atoms with Gasteiger partial charge in [-0.15, -0.1) is 0 Å². The van der Waals surface area contributed by atoms with Crippen molar-refractivity contribution in [3.05, 3.63) is 0 Å². The van der Waals surface area contributed by atoms with Gasteiger partial charge in [-0.1, -0.05) is 0 Å². The van der Waals surface area contributed by atoms with Crippen LogP contribution in [0, 0.1) is 23.7 Å². The van der Waals surface area contributed by atoms with Gasteiger partial charge in [0, 0.05) is 24.7 Å². The number of Topliss-reactive ketones (excluding diaryl/α,β-unsaturated/α-hetero) is 2. The predicted octanol–water partition coefficient (Wildman–Crippen LogP) is 3.85. The maximum Gasteiger partial charge on any atom is 0.136 e. The van der Waals surface area contributed by atoms with E-state index in [4.69, 9.17) is 9.47 Å². The number of fused-ring (bicyclic) bond motifs is 2. The summed E-state index contributed by atoms with van der Waals surface area (Å²) >= 11 is 0. The van der Waals surface area contributed by atoms with E-state index in [2.05, 4.69) is 0 Å². The van der Waals surface area contributed by atoms with Gasteiger partial charge < -0.3 is 9.47 Å². The molecular weight excluding hydrogens is 328 g/mol. The van der Waals surface area contributed by atoms with Crippen molar-refractivity contribution >= 4 is 11.6 Å². The molecule has 2 saturated heterocycles. The Hall–Kier alpha value is -0.740. The molecule has 0 spiro atoms. The summed E-state index contributed by atoms with van der Waals surface area (Å²) in [7, 11) is 0. The minimum atomic E-state index is 0.262. The van der Waals surface area contributed by atoms with Crippen molar-refractivity contribution in [3.8, 4) is 0 Å². The highest BCUT2D eigenvalue weighted by atomic mass is 16.6. The number of hydrogen-bond acceptors (Lipinski definition) is 4. The lowest BCUT2D eigenvalue weighted by Gasteiger charge is -2.30. The van der Waals surface area contributed by atoms with Gasteiger partial charge in [0.1, 0.15) is 11.6 Å². The van der Waals surface area contributed by atoms with Crippen molar-refractivity contribution in [3.63, 3.8) is 0 Å². The molecular formula is C22H32O4. The first-order valence-electron chi connectivity index (χ1n) is 11.0. The Labute approximate surface area is 156 Å². The van der Waals surface area contributed by atoms with Crippen molar-refractivity contribution in [1.29, 1.82) is 0 Å². The third-order valence-corrected chi connectivity index (χ3v) is 7.86. The Balaban J connectivity index is 1.03. The maximum atomic E-state index is 12.6. The van der Waals surface area contributed by atoms with Gasteiger partial charge in [0.2, 0.25) is 0 Å². The van der Waals surface area contributed by atoms with Gasteiger partial charge in [-0.05, 0) is 76.0 Å². The second-order valence-corrected chi connectivity index (χ2v) is 9.67. The number of epoxide rings is 2. The van der Waals surface area contributed by atoms with Crippen LogP contribution >= 0.6 is 0 Å². The molecule has 0 amide bonds. The fourth-order valence-electron chi connectivity index (χ4n) is 5.94. The molecule has 6 unspecified atom stereocenters. The summed E-state index contributed by atoms with van der Waals surface area (Å²) < 4.78 is 11.1. The molecule has 6 atom stereocenters. The maximum absolute atomic E-state index is 12.6. The van der Waals surface area contributed by atoms with Gasteiger partial charge in [-0.25, -0.2) is 0 Å². The zero-order chi connectivity index (χ0) is 17.7. The van der Waals surface area contributed by atoms with Gasteiger partial charge in [-0.3, -0.25) is 9.59 Å². The van der Waals surface area contributed by atoms with Gasteiger partial charge in [-0.2, -0.15) is 0 Å². The van der Waals surface area contributed by atoms with E-state index >= 15 is 0 Å². The minimum Gasteiger partial charge on any atom is -0.370 e. The number of carbonyl (C=O) groups excluding carboxylic acids is 2. The molecule has 0 N–H and O–H groups in total. The van der Waals surface area contributed by atoms with Crippen molar-refractivity contribution in [2.45, 2.75) is 101 Å². The molecule has 5 rings (SSSR count). The van der Waals surface area contributed by atoms with Crippen LogP contribution in [0.1, 0.15) is 77.0 Å². The summed E-state index contributed by atoms with van der Waals surface area (Å²) in [5.74, 6) is 2.61. The standard InChI is InChI=1S/C22H32O4/c23-17(15-5-7-19-21(11-15)25-19)9-13-1-2-14(4-3-13)10-18(24)16-6-8-20-22(12-16)26-20/h13-16,19-22H,1-12H2. The van der Waals surface area contributed by atoms with Crippen LogP contribution in [0.4, 0.5) is 0 Å². The Morgan fingerprint density at radius 3 is 1.38 bits per heavy atom. The molecule has 0 aromatic carbocycles. The zero-order valence-corrected chi connectivity index (χ0v) is 15.7. The van der Waals surface area contributed by atoms with Crippen LogP contribution in [-0.4, -0.2) is 36.0 Å². The average molecular weight is 360 g/mol. The smallest absolute Gasteiger partial charge is 0.136 e. The summed E-state index contributed by atoms with van der Waals surface area (Å²) in [6.07, 6.45) is 14.0. The lowest BCUT2D eigenvalue weighted by molar-refractivity contribution is -0.126. The van der Waals surface area contributed by atoms with Gasteiger partial charge in [0.05, 0.1) is 24.4 Å². The molecule has 26 heavy (non-hydrogen) atoms. The van der Waals surface area contributed by atoms with Crippen LogP contribution in [0.15, 0.2) is 0 Å². The Morgan fingerprint density at radius 2 is 1.00 bits per heavy atom. The number of carbonyl (C=O) groups is 2. The first kappa shape index (κ1) is 17.4. The third-order valence-electron chi connectivity index (χ3n) is 7.86. The summed E-state index contributed by atoms with van der Waals surface area (Å²) in [4.78, 5) is 25.2. The van der Waals surface area contributed by atoms with E-state index in [0.717, 1.165) is 77.0 Å². The largest absolute Gasteiger partial charge is 0.370 e. The molecule has 5 fully saturated rings. The lowest BCUT2D eigenvalue weighted by atomic mass is 9.74. The summed E-state index contributed by atoms with van der Waals surface area (Å²) in [6, 6.07) is 0. The Morgan fingerprint density at radius 1 is 0.577 bits per heavy atom. The first-order valence-corrected chi connectivity index (χ1v) is 11.0. The molecule has 4 heteroatoms. The fraction of sp³-hybridized carbons (Fsp3) is 0.909. The first-order chi connectivity index (χ1) is 12.7. The SMILES string of the molecule is O=C(CC1CCC(CC(=O)C2CCC3OC3C2)CC1)C1CCC2OC2C1. The highest BCUT2D eigenvalue weighted by molar-refractivity contribution is 5.82. The molecule has 4 nitrogen and oxygen atoms in total. The minimum absolute atomic E-state index is 0.262. The number of ketones is 2. The topological polar surface area (TPSA) is 59.2 Å². The second kappa shape index (κ2) is 7.01. The van der Waals surface area contributed by atoms with E-state index in [-0.39, 0.29) is 11.8 Å². The molecule has 144 valence electrons. The van der Waals surface area contributed by atoms with Crippen LogP contribution < -0.4 is 0 Å². The highest BCUT2D eigenvalue weighted by Gasteiger charge is 2.46. The average Bonchev–Trinajstić information content (AvgIpc) is 3.55. The van der Waals surface area contributed by atoms with Crippen LogP contribution in [0.2, 0.25) is 0 Å². The monoisotopic (exact) mass is 360 g/mol. The van der Waals surface area contributed by atoms with Crippen LogP contribution in [0.25, 0.3) is 0 Å². The molecule has 0 aromatic rings. The summed E-state index contributed by atoms with van der Waals surface area (Å²) in [5.41, 5.74) is 0. The quantitative estimate of drug-likeness (QED) is 0.675. The van der Waals surface area contributed by atoms with Gasteiger partial charge in [0.25, 0.3) is 0 Å². The lowest BCUT2D eigenvalue weighted by Crippen LogP contribution is -2.27. The van der Waals surface area contributed by atoms with Crippen molar-refractivity contribution in [2.24, 2.45) is 23.7 Å². The molecule has 2 aliphatic heterocycles. The van der Waals surface area contributed by atoms with E-state index < -0.39 is 0 Å². The van der Waals surface area contributed by atoms with Crippen LogP contribution in [0.3, 0.4) is 0 Å².